The van der Waals surface area contributed by atoms with Crippen LogP contribution in [0.3, 0.4) is 0 Å². The molecule has 5 nitrogen and oxygen atoms in total. The van der Waals surface area contributed by atoms with Crippen molar-refractivity contribution in [1.82, 2.24) is 0 Å². The Morgan fingerprint density at radius 2 is 1.87 bits per heavy atom. The Morgan fingerprint density at radius 1 is 1.27 bits per heavy atom. The van der Waals surface area contributed by atoms with E-state index in [1.54, 1.807) is 0 Å². The fourth-order valence-electron chi connectivity index (χ4n) is 1.23. The van der Waals surface area contributed by atoms with Crippen LogP contribution in [0.2, 0.25) is 0 Å². The maximum atomic E-state index is 11.4. The van der Waals surface area contributed by atoms with E-state index in [2.05, 4.69) is 14.5 Å². The Morgan fingerprint density at radius 3 is 2.40 bits per heavy atom. The van der Waals surface area contributed by atoms with Crippen LogP contribution >= 0.6 is 11.6 Å². The predicted molar refractivity (Wildman–Crippen MR) is 53.8 cm³/mol. The summed E-state index contributed by atoms with van der Waals surface area (Å²) < 4.78 is 9.06. The van der Waals surface area contributed by atoms with Gasteiger partial charge < -0.3 is 9.47 Å². The number of hydrogen-bond donors (Lipinski definition) is 0. The zero-order valence-electron chi connectivity index (χ0n) is 8.37. The zero-order chi connectivity index (χ0) is 11.4. The molecule has 0 aromatic heterocycles. The van der Waals surface area contributed by atoms with Crippen LogP contribution in [0.5, 0.6) is 0 Å². The van der Waals surface area contributed by atoms with Crippen LogP contribution in [0, 0.1) is 0 Å². The van der Waals surface area contributed by atoms with Crippen molar-refractivity contribution in [2.24, 2.45) is 4.99 Å². The molecule has 82 valence electrons. The van der Waals surface area contributed by atoms with Gasteiger partial charge in [-0.3, -0.25) is 4.99 Å². The van der Waals surface area contributed by atoms with Gasteiger partial charge in [0.2, 0.25) is 0 Å². The smallest absolute Gasteiger partial charge is 0.341 e. The quantitative estimate of drug-likeness (QED) is 0.656. The lowest BCUT2D eigenvalue weighted by atomic mass is 10.0. The highest BCUT2D eigenvalue weighted by Gasteiger charge is 2.28. The molecular weight excluding hydrogens is 222 g/mol. The van der Waals surface area contributed by atoms with Gasteiger partial charge in [-0.2, -0.15) is 0 Å². The third-order valence-corrected chi connectivity index (χ3v) is 2.25. The van der Waals surface area contributed by atoms with Gasteiger partial charge in [0.1, 0.15) is 10.7 Å². The highest BCUT2D eigenvalue weighted by atomic mass is 35.5. The lowest BCUT2D eigenvalue weighted by molar-refractivity contribution is -0.139. The first-order valence-corrected chi connectivity index (χ1v) is 4.59. The molecule has 0 bridgehead atoms. The standard InChI is InChI=1S/C9H10ClNO4/c1-14-8(12)5-3-4-11-7(10)6(5)9(13)15-2/h3-4H2,1-2H3. The van der Waals surface area contributed by atoms with Gasteiger partial charge in [0.25, 0.3) is 0 Å². The fraction of sp³-hybridized carbons (Fsp3) is 0.444. The molecule has 0 radical (unpaired) electrons. The summed E-state index contributed by atoms with van der Waals surface area (Å²) >= 11 is 5.74. The monoisotopic (exact) mass is 231 g/mol. The van der Waals surface area contributed by atoms with Crippen LogP contribution in [-0.2, 0) is 19.1 Å². The second kappa shape index (κ2) is 4.93. The summed E-state index contributed by atoms with van der Waals surface area (Å²) in [6.45, 7) is 0.365. The van der Waals surface area contributed by atoms with Gasteiger partial charge in [0, 0.05) is 13.0 Å². The summed E-state index contributed by atoms with van der Waals surface area (Å²) in [6, 6.07) is 0. The Balaban J connectivity index is 3.17. The number of aliphatic imine (C=N–C) groups is 1. The number of esters is 2. The Bertz CT molecular complexity index is 359. The van der Waals surface area contributed by atoms with Gasteiger partial charge in [0.15, 0.2) is 0 Å². The van der Waals surface area contributed by atoms with Crippen LogP contribution in [0.4, 0.5) is 0 Å². The van der Waals surface area contributed by atoms with Gasteiger partial charge in [-0.05, 0) is 0 Å². The van der Waals surface area contributed by atoms with Crippen LogP contribution in [0.25, 0.3) is 0 Å². The van der Waals surface area contributed by atoms with Crippen molar-refractivity contribution in [3.05, 3.63) is 11.1 Å². The van der Waals surface area contributed by atoms with Crippen molar-refractivity contribution in [3.8, 4) is 0 Å². The first kappa shape index (κ1) is 11.7. The van der Waals surface area contributed by atoms with E-state index in [1.807, 2.05) is 0 Å². The number of ether oxygens (including phenoxy) is 2. The number of hydrogen-bond acceptors (Lipinski definition) is 5. The average Bonchev–Trinajstić information content (AvgIpc) is 2.26. The number of carbonyl (C=O) groups is 2. The number of rotatable bonds is 2. The van der Waals surface area contributed by atoms with Crippen LogP contribution in [-0.4, -0.2) is 37.9 Å². The van der Waals surface area contributed by atoms with Gasteiger partial charge in [-0.15, -0.1) is 0 Å². The molecule has 0 atom stereocenters. The molecule has 0 amide bonds. The van der Waals surface area contributed by atoms with E-state index in [0.29, 0.717) is 13.0 Å². The molecule has 0 saturated heterocycles. The molecule has 1 heterocycles. The van der Waals surface area contributed by atoms with Crippen LogP contribution in [0.15, 0.2) is 16.1 Å². The Hall–Kier alpha value is -1.36. The van der Waals surface area contributed by atoms with E-state index in [0.717, 1.165) is 0 Å². The Labute approximate surface area is 91.7 Å². The van der Waals surface area contributed by atoms with E-state index in [-0.39, 0.29) is 16.3 Å². The fourth-order valence-corrected chi connectivity index (χ4v) is 1.51. The maximum absolute atomic E-state index is 11.4. The number of halogens is 1. The molecule has 15 heavy (non-hydrogen) atoms. The van der Waals surface area contributed by atoms with Crippen molar-refractivity contribution >= 4 is 28.7 Å². The summed E-state index contributed by atoms with van der Waals surface area (Å²) in [7, 11) is 2.45. The molecule has 0 aromatic rings. The van der Waals surface area contributed by atoms with Crippen molar-refractivity contribution in [2.45, 2.75) is 6.42 Å². The van der Waals surface area contributed by atoms with Gasteiger partial charge in [-0.1, -0.05) is 11.6 Å². The molecule has 0 spiro atoms. The number of carbonyl (C=O) groups excluding carboxylic acids is 2. The van der Waals surface area contributed by atoms with Crippen LogP contribution in [0.1, 0.15) is 6.42 Å². The maximum Gasteiger partial charge on any atom is 0.341 e. The van der Waals surface area contributed by atoms with E-state index in [1.165, 1.54) is 14.2 Å². The lowest BCUT2D eigenvalue weighted by Gasteiger charge is -2.14. The third kappa shape index (κ3) is 2.36. The van der Waals surface area contributed by atoms with Crippen LogP contribution < -0.4 is 0 Å². The van der Waals surface area contributed by atoms with Crippen molar-refractivity contribution in [2.75, 3.05) is 20.8 Å². The summed E-state index contributed by atoms with van der Waals surface area (Å²) in [6.07, 6.45) is 0.327. The number of nitrogens with zero attached hydrogens (tertiary/aromatic N) is 1. The lowest BCUT2D eigenvalue weighted by Crippen LogP contribution is -2.22. The molecular formula is C9H10ClNO4. The zero-order valence-corrected chi connectivity index (χ0v) is 9.13. The SMILES string of the molecule is COC(=O)C1=C(C(=O)OC)C(Cl)=NCC1. The molecule has 0 fully saturated rings. The van der Waals surface area contributed by atoms with Gasteiger partial charge in [0.05, 0.1) is 19.8 Å². The van der Waals surface area contributed by atoms with Crippen molar-refractivity contribution in [3.63, 3.8) is 0 Å². The molecule has 0 aliphatic carbocycles. The highest BCUT2D eigenvalue weighted by Crippen LogP contribution is 2.20. The summed E-state index contributed by atoms with van der Waals surface area (Å²) in [4.78, 5) is 26.6. The van der Waals surface area contributed by atoms with Gasteiger partial charge >= 0.3 is 11.9 Å². The van der Waals surface area contributed by atoms with Gasteiger partial charge in [-0.25, -0.2) is 9.59 Å². The Kier molecular flexibility index (Phi) is 3.85. The van der Waals surface area contributed by atoms with E-state index >= 15 is 0 Å². The largest absolute Gasteiger partial charge is 0.466 e. The second-order valence-electron chi connectivity index (χ2n) is 2.76. The molecule has 0 saturated carbocycles. The normalized spacial score (nSPS) is 15.8. The number of dihydropyridines is 1. The second-order valence-corrected chi connectivity index (χ2v) is 3.12. The molecule has 1 aliphatic rings. The molecule has 1 rings (SSSR count). The summed E-state index contributed by atoms with van der Waals surface area (Å²) in [5, 5.41) is -0.00602. The molecule has 0 aromatic carbocycles. The first-order chi connectivity index (χ1) is 7.11. The third-order valence-electron chi connectivity index (χ3n) is 1.94. The van der Waals surface area contributed by atoms with E-state index in [9.17, 15) is 9.59 Å². The number of methoxy groups -OCH3 is 2. The van der Waals surface area contributed by atoms with Crippen molar-refractivity contribution in [1.29, 1.82) is 0 Å². The minimum Gasteiger partial charge on any atom is -0.466 e. The average molecular weight is 232 g/mol. The predicted octanol–water partition coefficient (Wildman–Crippen LogP) is 0.670. The summed E-state index contributed by atoms with van der Waals surface area (Å²) in [5.41, 5.74) is 0.210. The van der Waals surface area contributed by atoms with E-state index in [4.69, 9.17) is 11.6 Å². The highest BCUT2D eigenvalue weighted by molar-refractivity contribution is 6.72. The minimum absolute atomic E-state index is 0.00253. The summed E-state index contributed by atoms with van der Waals surface area (Å²) in [5.74, 6) is -1.26. The molecule has 1 aliphatic heterocycles. The topological polar surface area (TPSA) is 65.0 Å². The minimum atomic E-state index is -0.677. The first-order valence-electron chi connectivity index (χ1n) is 4.22. The van der Waals surface area contributed by atoms with E-state index < -0.39 is 11.9 Å². The molecule has 0 unspecified atom stereocenters. The molecule has 0 N–H and O–H groups in total. The van der Waals surface area contributed by atoms with Crippen molar-refractivity contribution < 1.29 is 19.1 Å². The molecule has 6 heteroatoms.